The first-order chi connectivity index (χ1) is 8.13. The second-order valence-corrected chi connectivity index (χ2v) is 4.74. The highest BCUT2D eigenvalue weighted by molar-refractivity contribution is 5.23. The van der Waals surface area contributed by atoms with Crippen molar-refractivity contribution in [3.05, 3.63) is 23.9 Å². The third-order valence-electron chi connectivity index (χ3n) is 2.71. The minimum Gasteiger partial charge on any atom is -0.478 e. The molecule has 0 fully saturated rings. The predicted octanol–water partition coefficient (Wildman–Crippen LogP) is 3.18. The smallest absolute Gasteiger partial charge is 0.213 e. The van der Waals surface area contributed by atoms with Gasteiger partial charge < -0.3 is 10.1 Å². The van der Waals surface area contributed by atoms with E-state index < -0.39 is 0 Å². The molecule has 0 saturated carbocycles. The quantitative estimate of drug-likeness (QED) is 0.789. The maximum atomic E-state index is 5.65. The zero-order valence-corrected chi connectivity index (χ0v) is 11.4. The van der Waals surface area contributed by atoms with Crippen molar-refractivity contribution in [2.24, 2.45) is 5.92 Å². The van der Waals surface area contributed by atoms with E-state index in [0.717, 1.165) is 25.5 Å². The van der Waals surface area contributed by atoms with Crippen LogP contribution in [-0.4, -0.2) is 18.1 Å². The van der Waals surface area contributed by atoms with Gasteiger partial charge in [-0.1, -0.05) is 20.8 Å². The lowest BCUT2D eigenvalue weighted by Crippen LogP contribution is -2.17. The van der Waals surface area contributed by atoms with Gasteiger partial charge in [0, 0.05) is 18.3 Å². The van der Waals surface area contributed by atoms with Gasteiger partial charge in [0.1, 0.15) is 0 Å². The third kappa shape index (κ3) is 5.18. The van der Waals surface area contributed by atoms with Crippen molar-refractivity contribution in [2.75, 3.05) is 13.2 Å². The van der Waals surface area contributed by atoms with Gasteiger partial charge in [0.05, 0.1) is 6.61 Å². The van der Waals surface area contributed by atoms with Crippen LogP contribution < -0.4 is 10.1 Å². The fourth-order valence-corrected chi connectivity index (χ4v) is 1.60. The molecule has 1 atom stereocenters. The summed E-state index contributed by atoms with van der Waals surface area (Å²) in [6.45, 7) is 10.4. The van der Waals surface area contributed by atoms with Crippen molar-refractivity contribution < 1.29 is 4.74 Å². The summed E-state index contributed by atoms with van der Waals surface area (Å²) in [5, 5.41) is 3.38. The topological polar surface area (TPSA) is 34.2 Å². The summed E-state index contributed by atoms with van der Waals surface area (Å²) in [5.74, 6) is 1.40. The summed E-state index contributed by atoms with van der Waals surface area (Å²) in [5.41, 5.74) is 1.22. The molecule has 1 N–H and O–H groups in total. The van der Waals surface area contributed by atoms with Crippen LogP contribution in [0.5, 0.6) is 5.88 Å². The van der Waals surface area contributed by atoms with Crippen LogP contribution >= 0.6 is 0 Å². The Kier molecular flexibility index (Phi) is 5.98. The Morgan fingerprint density at radius 2 is 2.12 bits per heavy atom. The van der Waals surface area contributed by atoms with Crippen LogP contribution in [0.1, 0.15) is 45.7 Å². The third-order valence-corrected chi connectivity index (χ3v) is 2.71. The molecule has 1 aromatic heterocycles. The molecular formula is C14H24N2O. The number of hydrogen-bond donors (Lipinski definition) is 1. The first-order valence-electron chi connectivity index (χ1n) is 6.45. The lowest BCUT2D eigenvalue weighted by atomic mass is 10.1. The van der Waals surface area contributed by atoms with Crippen molar-refractivity contribution in [1.82, 2.24) is 10.3 Å². The minimum absolute atomic E-state index is 0.343. The van der Waals surface area contributed by atoms with E-state index in [2.05, 4.69) is 38.0 Å². The Labute approximate surface area is 105 Å². The molecule has 0 aliphatic heterocycles. The van der Waals surface area contributed by atoms with E-state index >= 15 is 0 Å². The van der Waals surface area contributed by atoms with E-state index in [1.165, 1.54) is 5.56 Å². The predicted molar refractivity (Wildman–Crippen MR) is 71.3 cm³/mol. The standard InChI is InChI=1S/C14H24N2O/c1-5-15-12(4)13-6-8-16-14(10-13)17-9-7-11(2)3/h6,8,10-12,15H,5,7,9H2,1-4H3. The molecule has 0 saturated heterocycles. The van der Waals surface area contributed by atoms with E-state index in [4.69, 9.17) is 4.74 Å². The van der Waals surface area contributed by atoms with Crippen LogP contribution in [0.15, 0.2) is 18.3 Å². The van der Waals surface area contributed by atoms with Gasteiger partial charge in [-0.15, -0.1) is 0 Å². The maximum Gasteiger partial charge on any atom is 0.213 e. The number of rotatable bonds is 7. The number of hydrogen-bond acceptors (Lipinski definition) is 3. The SMILES string of the molecule is CCNC(C)c1ccnc(OCCC(C)C)c1. The maximum absolute atomic E-state index is 5.65. The summed E-state index contributed by atoms with van der Waals surface area (Å²) >= 11 is 0. The van der Waals surface area contributed by atoms with E-state index in [1.807, 2.05) is 18.3 Å². The molecule has 1 heterocycles. The normalized spacial score (nSPS) is 12.8. The van der Waals surface area contributed by atoms with Crippen LogP contribution in [0.25, 0.3) is 0 Å². The van der Waals surface area contributed by atoms with Crippen LogP contribution in [-0.2, 0) is 0 Å². The Bertz CT molecular complexity index is 326. The molecule has 3 nitrogen and oxygen atoms in total. The fraction of sp³-hybridized carbons (Fsp3) is 0.643. The molecule has 0 aliphatic rings. The second-order valence-electron chi connectivity index (χ2n) is 4.74. The zero-order valence-electron chi connectivity index (χ0n) is 11.4. The van der Waals surface area contributed by atoms with Crippen LogP contribution in [0.4, 0.5) is 0 Å². The Morgan fingerprint density at radius 1 is 1.35 bits per heavy atom. The zero-order chi connectivity index (χ0) is 12.7. The van der Waals surface area contributed by atoms with Crippen molar-refractivity contribution in [2.45, 2.75) is 40.2 Å². The summed E-state index contributed by atoms with van der Waals surface area (Å²) in [7, 11) is 0. The monoisotopic (exact) mass is 236 g/mol. The van der Waals surface area contributed by atoms with Gasteiger partial charge in [-0.05, 0) is 37.4 Å². The summed E-state index contributed by atoms with van der Waals surface area (Å²) < 4.78 is 5.65. The van der Waals surface area contributed by atoms with Gasteiger partial charge in [-0.2, -0.15) is 0 Å². The molecule has 0 bridgehead atoms. The molecule has 0 aliphatic carbocycles. The lowest BCUT2D eigenvalue weighted by molar-refractivity contribution is 0.279. The molecule has 17 heavy (non-hydrogen) atoms. The molecule has 0 aromatic carbocycles. The summed E-state index contributed by atoms with van der Waals surface area (Å²) in [6, 6.07) is 4.39. The van der Waals surface area contributed by atoms with Crippen molar-refractivity contribution in [3.63, 3.8) is 0 Å². The number of aromatic nitrogens is 1. The van der Waals surface area contributed by atoms with Gasteiger partial charge in [-0.25, -0.2) is 4.98 Å². The highest BCUT2D eigenvalue weighted by Crippen LogP contribution is 2.16. The number of ether oxygens (including phenoxy) is 1. The van der Waals surface area contributed by atoms with Gasteiger partial charge in [0.25, 0.3) is 0 Å². The Balaban J connectivity index is 2.53. The van der Waals surface area contributed by atoms with Gasteiger partial charge >= 0.3 is 0 Å². The van der Waals surface area contributed by atoms with Gasteiger partial charge in [0.15, 0.2) is 0 Å². The molecule has 1 unspecified atom stereocenters. The molecule has 1 rings (SSSR count). The van der Waals surface area contributed by atoms with Crippen molar-refractivity contribution >= 4 is 0 Å². The molecule has 0 spiro atoms. The minimum atomic E-state index is 0.343. The summed E-state index contributed by atoms with van der Waals surface area (Å²) in [6.07, 6.45) is 2.88. The van der Waals surface area contributed by atoms with E-state index in [-0.39, 0.29) is 0 Å². The molecule has 1 aromatic rings. The first kappa shape index (κ1) is 14.0. The van der Waals surface area contributed by atoms with Gasteiger partial charge in [-0.3, -0.25) is 0 Å². The molecule has 0 amide bonds. The molecule has 3 heteroatoms. The molecule has 96 valence electrons. The molecular weight excluding hydrogens is 212 g/mol. The number of pyridine rings is 1. The lowest BCUT2D eigenvalue weighted by Gasteiger charge is -2.14. The van der Waals surface area contributed by atoms with Crippen LogP contribution in [0, 0.1) is 5.92 Å². The average molecular weight is 236 g/mol. The van der Waals surface area contributed by atoms with Crippen molar-refractivity contribution in [3.8, 4) is 5.88 Å². The van der Waals surface area contributed by atoms with Gasteiger partial charge in [0.2, 0.25) is 5.88 Å². The number of nitrogens with zero attached hydrogens (tertiary/aromatic N) is 1. The molecule has 0 radical (unpaired) electrons. The number of nitrogens with one attached hydrogen (secondary N) is 1. The average Bonchev–Trinajstić information content (AvgIpc) is 2.29. The second kappa shape index (κ2) is 7.28. The van der Waals surface area contributed by atoms with E-state index in [1.54, 1.807) is 0 Å². The highest BCUT2D eigenvalue weighted by Gasteiger charge is 2.05. The Hall–Kier alpha value is -1.09. The largest absolute Gasteiger partial charge is 0.478 e. The van der Waals surface area contributed by atoms with E-state index in [0.29, 0.717) is 12.0 Å². The fourth-order valence-electron chi connectivity index (χ4n) is 1.60. The van der Waals surface area contributed by atoms with E-state index in [9.17, 15) is 0 Å². The summed E-state index contributed by atoms with van der Waals surface area (Å²) in [4.78, 5) is 4.23. The van der Waals surface area contributed by atoms with Crippen LogP contribution in [0.3, 0.4) is 0 Å². The first-order valence-corrected chi connectivity index (χ1v) is 6.45. The Morgan fingerprint density at radius 3 is 2.76 bits per heavy atom. The van der Waals surface area contributed by atoms with Crippen LogP contribution in [0.2, 0.25) is 0 Å². The van der Waals surface area contributed by atoms with Crippen molar-refractivity contribution in [1.29, 1.82) is 0 Å². The highest BCUT2D eigenvalue weighted by atomic mass is 16.5.